The van der Waals surface area contributed by atoms with Crippen molar-refractivity contribution in [3.8, 4) is 0 Å². The van der Waals surface area contributed by atoms with Crippen LogP contribution in [0.2, 0.25) is 0 Å². The van der Waals surface area contributed by atoms with Crippen molar-refractivity contribution < 1.29 is 33.8 Å². The fourth-order valence-corrected chi connectivity index (χ4v) is 8.70. The molecule has 0 aliphatic carbocycles. The molecule has 3 fully saturated rings. The van der Waals surface area contributed by atoms with Crippen LogP contribution < -0.4 is 15.1 Å². The molecule has 1 unspecified atom stereocenters. The molecule has 3 aliphatic heterocycles. The SMILES string of the molecule is C=CCCC(=O)NC[C@H](C)OC(=O)[C@@H]1[C@H]2O[C@@]3(CC2Br)[C@H](C(=O)N(CC=C)c2ccc(N(CC)CC)cc2)N([C@@H](CO)CC(C)C)C(=O)[C@@H]13. The van der Waals surface area contributed by atoms with Gasteiger partial charge in [-0.15, -0.1) is 13.2 Å². The summed E-state index contributed by atoms with van der Waals surface area (Å²) in [6, 6.07) is 5.95. The van der Waals surface area contributed by atoms with Crippen LogP contribution in [0.4, 0.5) is 11.4 Å². The molecule has 0 aromatic heterocycles. The summed E-state index contributed by atoms with van der Waals surface area (Å²) in [7, 11) is 0. The van der Waals surface area contributed by atoms with E-state index in [2.05, 4.69) is 53.2 Å². The summed E-state index contributed by atoms with van der Waals surface area (Å²) >= 11 is 3.71. The number of amides is 3. The van der Waals surface area contributed by atoms with E-state index in [1.54, 1.807) is 24.0 Å². The first kappa shape index (κ1) is 38.6. The summed E-state index contributed by atoms with van der Waals surface area (Å²) in [5.41, 5.74) is 0.338. The van der Waals surface area contributed by atoms with E-state index in [1.165, 1.54) is 4.90 Å². The number of allylic oxidation sites excluding steroid dienone is 1. The van der Waals surface area contributed by atoms with Crippen molar-refractivity contribution in [1.82, 2.24) is 10.2 Å². The molecule has 0 radical (unpaired) electrons. The number of alkyl halides is 1. The van der Waals surface area contributed by atoms with Crippen LogP contribution >= 0.6 is 15.9 Å². The quantitative estimate of drug-likeness (QED) is 0.130. The number of rotatable bonds is 18. The average Bonchev–Trinajstić information content (AvgIpc) is 3.67. The maximum absolute atomic E-state index is 15.0. The maximum atomic E-state index is 15.0. The number of ether oxygens (including phenoxy) is 2. The van der Waals surface area contributed by atoms with Crippen LogP contribution in [0.1, 0.15) is 60.3 Å². The van der Waals surface area contributed by atoms with Crippen molar-refractivity contribution in [3.63, 3.8) is 0 Å². The first-order valence-corrected chi connectivity index (χ1v) is 18.4. The van der Waals surface area contributed by atoms with Crippen molar-refractivity contribution >= 4 is 51.0 Å². The van der Waals surface area contributed by atoms with E-state index >= 15 is 0 Å². The molecule has 49 heavy (non-hydrogen) atoms. The summed E-state index contributed by atoms with van der Waals surface area (Å²) in [5, 5.41) is 13.4. The van der Waals surface area contributed by atoms with Gasteiger partial charge < -0.3 is 34.6 Å². The topological polar surface area (TPSA) is 129 Å². The zero-order valence-corrected chi connectivity index (χ0v) is 31.1. The minimum absolute atomic E-state index is 0.110. The van der Waals surface area contributed by atoms with Crippen molar-refractivity contribution in [2.24, 2.45) is 17.8 Å². The fraction of sp³-hybridized carbons (Fsp3) is 0.622. The highest BCUT2D eigenvalue weighted by atomic mass is 79.9. The lowest BCUT2D eigenvalue weighted by atomic mass is 9.70. The summed E-state index contributed by atoms with van der Waals surface area (Å²) in [6.45, 7) is 19.0. The molecule has 2 bridgehead atoms. The molecule has 1 aromatic rings. The van der Waals surface area contributed by atoms with Gasteiger partial charge in [0.15, 0.2) is 0 Å². The molecule has 11 nitrogen and oxygen atoms in total. The zero-order chi connectivity index (χ0) is 36.0. The highest BCUT2D eigenvalue weighted by Gasteiger charge is 2.77. The zero-order valence-electron chi connectivity index (χ0n) is 29.5. The van der Waals surface area contributed by atoms with Gasteiger partial charge in [0, 0.05) is 42.3 Å². The molecule has 3 aliphatic rings. The Kier molecular flexibility index (Phi) is 13.1. The second-order valence-electron chi connectivity index (χ2n) is 13.7. The molecule has 8 atom stereocenters. The Balaban J connectivity index is 1.70. The molecule has 4 rings (SSSR count). The molecular weight excluding hydrogens is 692 g/mol. The second-order valence-corrected chi connectivity index (χ2v) is 14.9. The first-order valence-electron chi connectivity index (χ1n) is 17.5. The van der Waals surface area contributed by atoms with Crippen LogP contribution in [-0.4, -0.2) is 101 Å². The summed E-state index contributed by atoms with van der Waals surface area (Å²) in [6.07, 6.45) is 3.53. The number of esters is 1. The Morgan fingerprint density at radius 2 is 1.80 bits per heavy atom. The smallest absolute Gasteiger partial charge is 0.312 e. The number of nitrogens with one attached hydrogen (secondary N) is 1. The molecule has 12 heteroatoms. The van der Waals surface area contributed by atoms with Crippen LogP contribution in [0.15, 0.2) is 49.6 Å². The van der Waals surface area contributed by atoms with E-state index in [0.29, 0.717) is 24.9 Å². The number of fused-ring (bicyclic) bond motifs is 1. The Hall–Kier alpha value is -3.22. The number of hydrogen-bond donors (Lipinski definition) is 2. The number of anilines is 2. The maximum Gasteiger partial charge on any atom is 0.312 e. The number of halogens is 1. The molecular formula is C37H53BrN4O7. The average molecular weight is 746 g/mol. The highest BCUT2D eigenvalue weighted by molar-refractivity contribution is 9.09. The van der Waals surface area contributed by atoms with E-state index < -0.39 is 53.6 Å². The van der Waals surface area contributed by atoms with Crippen LogP contribution in [0.5, 0.6) is 0 Å². The van der Waals surface area contributed by atoms with Gasteiger partial charge in [0.25, 0.3) is 5.91 Å². The highest BCUT2D eigenvalue weighted by Crippen LogP contribution is 2.61. The minimum atomic E-state index is -1.33. The number of likely N-dealkylation sites (tertiary alicyclic amines) is 1. The Morgan fingerprint density at radius 3 is 2.37 bits per heavy atom. The normalized spacial score (nSPS) is 26.7. The molecule has 1 aromatic carbocycles. The van der Waals surface area contributed by atoms with Crippen molar-refractivity contribution in [2.45, 2.75) is 95.0 Å². The van der Waals surface area contributed by atoms with Crippen molar-refractivity contribution in [1.29, 1.82) is 0 Å². The number of benzene rings is 1. The number of aliphatic hydroxyl groups excluding tert-OH is 1. The predicted molar refractivity (Wildman–Crippen MR) is 193 cm³/mol. The third kappa shape index (κ3) is 7.76. The van der Waals surface area contributed by atoms with Gasteiger partial charge in [0.2, 0.25) is 11.8 Å². The Morgan fingerprint density at radius 1 is 1.14 bits per heavy atom. The van der Waals surface area contributed by atoms with Crippen molar-refractivity contribution in [2.75, 3.05) is 42.6 Å². The number of aliphatic hydroxyl groups is 1. The van der Waals surface area contributed by atoms with Crippen LogP contribution in [0.25, 0.3) is 0 Å². The molecule has 3 saturated heterocycles. The van der Waals surface area contributed by atoms with Gasteiger partial charge >= 0.3 is 5.97 Å². The summed E-state index contributed by atoms with van der Waals surface area (Å²) < 4.78 is 12.5. The van der Waals surface area contributed by atoms with Gasteiger partial charge in [0.1, 0.15) is 17.7 Å². The molecule has 2 N–H and O–H groups in total. The Bertz CT molecular complexity index is 1370. The lowest BCUT2D eigenvalue weighted by Gasteiger charge is -2.40. The number of carbonyl (C=O) groups is 4. The second kappa shape index (κ2) is 16.7. The van der Waals surface area contributed by atoms with E-state index in [9.17, 15) is 24.3 Å². The van der Waals surface area contributed by atoms with Gasteiger partial charge in [-0.25, -0.2) is 0 Å². The van der Waals surface area contributed by atoms with E-state index in [1.807, 2.05) is 38.1 Å². The number of carbonyl (C=O) groups excluding carboxylic acids is 4. The van der Waals surface area contributed by atoms with Gasteiger partial charge in [-0.1, -0.05) is 41.9 Å². The van der Waals surface area contributed by atoms with Gasteiger partial charge in [-0.3, -0.25) is 19.2 Å². The fourth-order valence-electron chi connectivity index (χ4n) is 7.76. The van der Waals surface area contributed by atoms with E-state index in [0.717, 1.165) is 18.8 Å². The largest absolute Gasteiger partial charge is 0.460 e. The Labute approximate surface area is 299 Å². The van der Waals surface area contributed by atoms with Crippen LogP contribution in [0.3, 0.4) is 0 Å². The number of nitrogens with zero attached hydrogens (tertiary/aromatic N) is 3. The minimum Gasteiger partial charge on any atom is -0.460 e. The number of hydrogen-bond acceptors (Lipinski definition) is 8. The lowest BCUT2D eigenvalue weighted by molar-refractivity contribution is -0.159. The third-order valence-electron chi connectivity index (χ3n) is 9.93. The van der Waals surface area contributed by atoms with Crippen molar-refractivity contribution in [3.05, 3.63) is 49.6 Å². The van der Waals surface area contributed by atoms with Gasteiger partial charge in [-0.2, -0.15) is 0 Å². The molecule has 3 heterocycles. The van der Waals surface area contributed by atoms with E-state index in [-0.39, 0.29) is 48.7 Å². The van der Waals surface area contributed by atoms with Crippen LogP contribution in [0, 0.1) is 17.8 Å². The lowest BCUT2D eigenvalue weighted by Crippen LogP contribution is -2.59. The first-order chi connectivity index (χ1) is 23.4. The van der Waals surface area contributed by atoms with Gasteiger partial charge in [0.05, 0.1) is 37.1 Å². The summed E-state index contributed by atoms with van der Waals surface area (Å²) in [5.74, 6) is -3.42. The van der Waals surface area contributed by atoms with E-state index in [4.69, 9.17) is 9.47 Å². The predicted octanol–water partition coefficient (Wildman–Crippen LogP) is 4.22. The molecule has 0 saturated carbocycles. The summed E-state index contributed by atoms with van der Waals surface area (Å²) in [4.78, 5) is 60.6. The molecule has 270 valence electrons. The monoisotopic (exact) mass is 744 g/mol. The third-order valence-corrected chi connectivity index (χ3v) is 10.8. The molecule has 1 spiro atoms. The standard InChI is InChI=1S/C37H53BrN4O7/c1-8-12-13-29(44)39-21-24(7)48-36(47)30-31-34(45)42(27(22-43)19-23(5)6)33(37(31)20-28(38)32(30)49-37)35(46)41(18-9-2)26-16-14-25(15-17-26)40(10-3)11-4/h8-9,14-17,23-24,27-28,30-33,43H,1-2,10-13,18-22H2,3-7H3,(H,39,44)/t24-,27+,28?,30-,31+,32-,33-,37+/m0/s1. The van der Waals surface area contributed by atoms with Gasteiger partial charge in [-0.05, 0) is 70.2 Å². The van der Waals surface area contributed by atoms with Crippen LogP contribution in [-0.2, 0) is 28.7 Å². The molecule has 3 amide bonds.